The maximum atomic E-state index is 12.4. The quantitative estimate of drug-likeness (QED) is 0.702. The molecule has 1 aromatic heterocycles. The Balaban J connectivity index is 1.77. The standard InChI is InChI=1S/C14H19N5O/c1-18-4-6-19(7-5-18)17-14(20)12-9-16-13-3-2-10(15)8-11(12)13/h2-3,8-9,16H,4-7,15H2,1H3,(H,17,20). The van der Waals surface area contributed by atoms with Crippen molar-refractivity contribution in [3.8, 4) is 0 Å². The van der Waals surface area contributed by atoms with Crippen molar-refractivity contribution in [2.45, 2.75) is 0 Å². The zero-order chi connectivity index (χ0) is 14.1. The van der Waals surface area contributed by atoms with Gasteiger partial charge in [-0.25, -0.2) is 5.01 Å². The van der Waals surface area contributed by atoms with Gasteiger partial charge in [-0.1, -0.05) is 0 Å². The molecule has 1 aliphatic rings. The van der Waals surface area contributed by atoms with E-state index in [1.165, 1.54) is 0 Å². The van der Waals surface area contributed by atoms with Gasteiger partial charge in [0.25, 0.3) is 5.91 Å². The fraction of sp³-hybridized carbons (Fsp3) is 0.357. The number of hydrogen-bond donors (Lipinski definition) is 3. The van der Waals surface area contributed by atoms with E-state index in [0.717, 1.165) is 37.1 Å². The number of carbonyl (C=O) groups excluding carboxylic acids is 1. The van der Waals surface area contributed by atoms with E-state index in [9.17, 15) is 4.79 Å². The number of anilines is 1. The molecule has 0 bridgehead atoms. The Morgan fingerprint density at radius 1 is 1.30 bits per heavy atom. The molecule has 1 aliphatic heterocycles. The predicted octanol–water partition coefficient (Wildman–Crippen LogP) is 0.642. The van der Waals surface area contributed by atoms with Gasteiger partial charge < -0.3 is 15.6 Å². The first-order chi connectivity index (χ1) is 9.63. The molecule has 2 aromatic rings. The van der Waals surface area contributed by atoms with Crippen LogP contribution >= 0.6 is 0 Å². The molecular formula is C14H19N5O. The highest BCUT2D eigenvalue weighted by molar-refractivity contribution is 6.07. The number of benzene rings is 1. The van der Waals surface area contributed by atoms with Crippen LogP contribution in [0.15, 0.2) is 24.4 Å². The lowest BCUT2D eigenvalue weighted by Gasteiger charge is -2.32. The summed E-state index contributed by atoms with van der Waals surface area (Å²) in [6.07, 6.45) is 1.73. The van der Waals surface area contributed by atoms with Crippen molar-refractivity contribution in [2.24, 2.45) is 0 Å². The van der Waals surface area contributed by atoms with Gasteiger partial charge in [-0.05, 0) is 25.2 Å². The number of likely N-dealkylation sites (N-methyl/N-ethyl adjacent to an activating group) is 1. The second-order valence-corrected chi connectivity index (χ2v) is 5.24. The van der Waals surface area contributed by atoms with Crippen molar-refractivity contribution < 1.29 is 4.79 Å². The molecule has 1 fully saturated rings. The molecule has 0 radical (unpaired) electrons. The summed E-state index contributed by atoms with van der Waals surface area (Å²) in [4.78, 5) is 17.7. The minimum absolute atomic E-state index is 0.0913. The molecule has 106 valence electrons. The normalized spacial score (nSPS) is 17.4. The number of nitrogen functional groups attached to an aromatic ring is 1. The molecule has 0 aliphatic carbocycles. The van der Waals surface area contributed by atoms with E-state index >= 15 is 0 Å². The molecular weight excluding hydrogens is 254 g/mol. The van der Waals surface area contributed by atoms with Gasteiger partial charge in [-0.2, -0.15) is 0 Å². The third kappa shape index (κ3) is 2.48. The first-order valence-electron chi connectivity index (χ1n) is 6.74. The van der Waals surface area contributed by atoms with E-state index in [-0.39, 0.29) is 5.91 Å². The molecule has 0 atom stereocenters. The van der Waals surface area contributed by atoms with E-state index in [0.29, 0.717) is 11.3 Å². The number of aromatic nitrogens is 1. The summed E-state index contributed by atoms with van der Waals surface area (Å²) in [6.45, 7) is 3.60. The molecule has 0 unspecified atom stereocenters. The Labute approximate surface area is 117 Å². The highest BCUT2D eigenvalue weighted by atomic mass is 16.2. The molecule has 1 saturated heterocycles. The number of nitrogens with two attached hydrogens (primary N) is 1. The number of piperazine rings is 1. The monoisotopic (exact) mass is 273 g/mol. The highest BCUT2D eigenvalue weighted by Gasteiger charge is 2.18. The van der Waals surface area contributed by atoms with Crippen LogP contribution in [0.5, 0.6) is 0 Å². The van der Waals surface area contributed by atoms with Crippen molar-refractivity contribution in [3.05, 3.63) is 30.0 Å². The van der Waals surface area contributed by atoms with Gasteiger partial charge in [0.2, 0.25) is 0 Å². The number of rotatable bonds is 2. The number of carbonyl (C=O) groups is 1. The lowest BCUT2D eigenvalue weighted by Crippen LogP contribution is -2.52. The number of hydrazine groups is 1. The summed E-state index contributed by atoms with van der Waals surface area (Å²) in [5.74, 6) is -0.0913. The number of hydrogen-bond acceptors (Lipinski definition) is 4. The van der Waals surface area contributed by atoms with Crippen LogP contribution in [0.2, 0.25) is 0 Å². The topological polar surface area (TPSA) is 77.4 Å². The summed E-state index contributed by atoms with van der Waals surface area (Å²) in [6, 6.07) is 5.53. The lowest BCUT2D eigenvalue weighted by atomic mass is 10.1. The summed E-state index contributed by atoms with van der Waals surface area (Å²) >= 11 is 0. The Bertz CT molecular complexity index is 628. The van der Waals surface area contributed by atoms with Crippen molar-refractivity contribution in [2.75, 3.05) is 39.0 Å². The third-order valence-electron chi connectivity index (χ3n) is 3.71. The maximum absolute atomic E-state index is 12.4. The van der Waals surface area contributed by atoms with Crippen LogP contribution in [0.3, 0.4) is 0 Å². The summed E-state index contributed by atoms with van der Waals surface area (Å²) in [7, 11) is 2.08. The van der Waals surface area contributed by atoms with Crippen LogP contribution in [0.4, 0.5) is 5.69 Å². The van der Waals surface area contributed by atoms with Gasteiger partial charge in [0, 0.05) is 49.0 Å². The molecule has 4 N–H and O–H groups in total. The number of nitrogens with zero attached hydrogens (tertiary/aromatic N) is 2. The first kappa shape index (κ1) is 13.0. The molecule has 2 heterocycles. The largest absolute Gasteiger partial charge is 0.399 e. The molecule has 20 heavy (non-hydrogen) atoms. The minimum Gasteiger partial charge on any atom is -0.399 e. The van der Waals surface area contributed by atoms with Crippen LogP contribution in [0.25, 0.3) is 10.9 Å². The molecule has 1 amide bonds. The van der Waals surface area contributed by atoms with Gasteiger partial charge in [0.1, 0.15) is 0 Å². The van der Waals surface area contributed by atoms with Crippen LogP contribution in [-0.4, -0.2) is 54.0 Å². The zero-order valence-electron chi connectivity index (χ0n) is 11.5. The van der Waals surface area contributed by atoms with Crippen molar-refractivity contribution in [3.63, 3.8) is 0 Å². The number of H-pyrrole nitrogens is 1. The number of aromatic amines is 1. The third-order valence-corrected chi connectivity index (χ3v) is 3.71. The maximum Gasteiger partial charge on any atom is 0.267 e. The fourth-order valence-corrected chi connectivity index (χ4v) is 2.45. The summed E-state index contributed by atoms with van der Waals surface area (Å²) in [5.41, 5.74) is 11.0. The van der Waals surface area contributed by atoms with Gasteiger partial charge in [0.15, 0.2) is 0 Å². The molecule has 1 aromatic carbocycles. The zero-order valence-corrected chi connectivity index (χ0v) is 11.5. The summed E-state index contributed by atoms with van der Waals surface area (Å²) in [5, 5.41) is 2.82. The SMILES string of the molecule is CN1CCN(NC(=O)c2c[nH]c3ccc(N)cc23)CC1. The van der Waals surface area contributed by atoms with E-state index in [1.807, 2.05) is 23.2 Å². The smallest absolute Gasteiger partial charge is 0.267 e. The number of fused-ring (bicyclic) bond motifs is 1. The number of amides is 1. The van der Waals surface area contributed by atoms with Gasteiger partial charge in [-0.15, -0.1) is 0 Å². The summed E-state index contributed by atoms with van der Waals surface area (Å²) < 4.78 is 0. The molecule has 0 saturated carbocycles. The van der Waals surface area contributed by atoms with Crippen LogP contribution in [-0.2, 0) is 0 Å². The Morgan fingerprint density at radius 2 is 2.05 bits per heavy atom. The van der Waals surface area contributed by atoms with Crippen molar-refractivity contribution in [1.82, 2.24) is 20.3 Å². The van der Waals surface area contributed by atoms with Gasteiger partial charge in [-0.3, -0.25) is 10.2 Å². The molecule has 0 spiro atoms. The Kier molecular flexibility index (Phi) is 3.33. The predicted molar refractivity (Wildman–Crippen MR) is 79.2 cm³/mol. The van der Waals surface area contributed by atoms with Crippen LogP contribution < -0.4 is 11.2 Å². The highest BCUT2D eigenvalue weighted by Crippen LogP contribution is 2.20. The second-order valence-electron chi connectivity index (χ2n) is 5.24. The minimum atomic E-state index is -0.0913. The first-order valence-corrected chi connectivity index (χ1v) is 6.74. The Morgan fingerprint density at radius 3 is 2.80 bits per heavy atom. The Hall–Kier alpha value is -2.05. The van der Waals surface area contributed by atoms with Gasteiger partial charge in [0.05, 0.1) is 5.56 Å². The number of nitrogens with one attached hydrogen (secondary N) is 2. The average Bonchev–Trinajstić information content (AvgIpc) is 2.84. The van der Waals surface area contributed by atoms with E-state index in [4.69, 9.17) is 5.73 Å². The lowest BCUT2D eigenvalue weighted by molar-refractivity contribution is 0.0664. The van der Waals surface area contributed by atoms with E-state index < -0.39 is 0 Å². The fourth-order valence-electron chi connectivity index (χ4n) is 2.45. The molecule has 6 heteroatoms. The van der Waals surface area contributed by atoms with Crippen LogP contribution in [0.1, 0.15) is 10.4 Å². The molecule has 3 rings (SSSR count). The van der Waals surface area contributed by atoms with Crippen molar-refractivity contribution in [1.29, 1.82) is 0 Å². The average molecular weight is 273 g/mol. The van der Waals surface area contributed by atoms with Crippen LogP contribution in [0, 0.1) is 0 Å². The second kappa shape index (κ2) is 5.15. The molecule has 6 nitrogen and oxygen atoms in total. The van der Waals surface area contributed by atoms with E-state index in [2.05, 4.69) is 22.4 Å². The van der Waals surface area contributed by atoms with E-state index in [1.54, 1.807) is 6.20 Å². The van der Waals surface area contributed by atoms with Crippen molar-refractivity contribution >= 4 is 22.5 Å². The van der Waals surface area contributed by atoms with Gasteiger partial charge >= 0.3 is 0 Å².